The van der Waals surface area contributed by atoms with Gasteiger partial charge in [-0.2, -0.15) is 0 Å². The minimum Gasteiger partial charge on any atom is -0.392 e. The van der Waals surface area contributed by atoms with E-state index in [9.17, 15) is 9.90 Å². The van der Waals surface area contributed by atoms with Gasteiger partial charge in [0.2, 0.25) is 5.91 Å². The Labute approximate surface area is 96.8 Å². The van der Waals surface area contributed by atoms with Crippen LogP contribution < -0.4 is 10.6 Å². The van der Waals surface area contributed by atoms with Crippen molar-refractivity contribution >= 4 is 5.91 Å². The van der Waals surface area contributed by atoms with E-state index in [4.69, 9.17) is 0 Å². The number of rotatable bonds is 3. The summed E-state index contributed by atoms with van der Waals surface area (Å²) >= 11 is 0. The number of aliphatic hydroxyl groups is 1. The third-order valence-corrected chi connectivity index (χ3v) is 4.19. The summed E-state index contributed by atoms with van der Waals surface area (Å²) in [4.78, 5) is 11.8. The second kappa shape index (κ2) is 4.34. The summed E-state index contributed by atoms with van der Waals surface area (Å²) in [5.41, 5.74) is -0.163. The van der Waals surface area contributed by atoms with Gasteiger partial charge in [-0.05, 0) is 31.8 Å². The first-order chi connectivity index (χ1) is 7.50. The first kappa shape index (κ1) is 11.9. The van der Waals surface area contributed by atoms with Gasteiger partial charge < -0.3 is 15.7 Å². The SMILES string of the molecule is CC1(C)C(O)CC1NC(=O)CC1CCNC1. The van der Waals surface area contributed by atoms with Gasteiger partial charge in [-0.1, -0.05) is 13.8 Å². The molecule has 0 radical (unpaired) electrons. The predicted molar refractivity (Wildman–Crippen MR) is 61.9 cm³/mol. The highest BCUT2D eigenvalue weighted by atomic mass is 16.3. The number of hydrogen-bond acceptors (Lipinski definition) is 3. The van der Waals surface area contributed by atoms with E-state index in [0.717, 1.165) is 19.5 Å². The summed E-state index contributed by atoms with van der Waals surface area (Å²) in [6.45, 7) is 6.00. The Morgan fingerprint density at radius 1 is 1.56 bits per heavy atom. The summed E-state index contributed by atoms with van der Waals surface area (Å²) in [6.07, 6.45) is 2.15. The highest BCUT2D eigenvalue weighted by Gasteiger charge is 2.47. The monoisotopic (exact) mass is 226 g/mol. The third-order valence-electron chi connectivity index (χ3n) is 4.19. The Hall–Kier alpha value is -0.610. The molecule has 1 amide bonds. The summed E-state index contributed by atoms with van der Waals surface area (Å²) in [5.74, 6) is 0.631. The highest BCUT2D eigenvalue weighted by molar-refractivity contribution is 5.76. The molecular weight excluding hydrogens is 204 g/mol. The third kappa shape index (κ3) is 2.23. The van der Waals surface area contributed by atoms with E-state index in [1.807, 2.05) is 13.8 Å². The standard InChI is InChI=1S/C12H22N2O2/c1-12(2)9(6-10(12)15)14-11(16)5-8-3-4-13-7-8/h8-10,13,15H,3-7H2,1-2H3,(H,14,16). The number of carbonyl (C=O) groups excluding carboxylic acids is 1. The summed E-state index contributed by atoms with van der Waals surface area (Å²) in [6, 6.07) is 0.143. The minimum absolute atomic E-state index is 0.138. The average molecular weight is 226 g/mol. The van der Waals surface area contributed by atoms with Crippen LogP contribution in [0, 0.1) is 11.3 Å². The van der Waals surface area contributed by atoms with Crippen molar-refractivity contribution in [3.63, 3.8) is 0 Å². The summed E-state index contributed by atoms with van der Waals surface area (Å²) in [7, 11) is 0. The van der Waals surface area contributed by atoms with Crippen molar-refractivity contribution in [3.05, 3.63) is 0 Å². The van der Waals surface area contributed by atoms with Gasteiger partial charge in [-0.15, -0.1) is 0 Å². The smallest absolute Gasteiger partial charge is 0.220 e. The van der Waals surface area contributed by atoms with Gasteiger partial charge in [-0.25, -0.2) is 0 Å². The van der Waals surface area contributed by atoms with Crippen LogP contribution in [0.4, 0.5) is 0 Å². The molecule has 92 valence electrons. The van der Waals surface area contributed by atoms with Crippen molar-refractivity contribution in [1.82, 2.24) is 10.6 Å². The first-order valence-electron chi connectivity index (χ1n) is 6.18. The molecule has 0 spiro atoms. The molecule has 16 heavy (non-hydrogen) atoms. The molecular formula is C12H22N2O2. The van der Waals surface area contributed by atoms with Crippen LogP contribution in [0.3, 0.4) is 0 Å². The van der Waals surface area contributed by atoms with Crippen molar-refractivity contribution in [1.29, 1.82) is 0 Å². The Morgan fingerprint density at radius 2 is 2.31 bits per heavy atom. The largest absolute Gasteiger partial charge is 0.392 e. The molecule has 2 aliphatic rings. The van der Waals surface area contributed by atoms with E-state index in [-0.39, 0.29) is 23.5 Å². The lowest BCUT2D eigenvalue weighted by Gasteiger charge is -2.49. The zero-order valence-corrected chi connectivity index (χ0v) is 10.1. The molecule has 0 aromatic rings. The van der Waals surface area contributed by atoms with Crippen LogP contribution in [-0.2, 0) is 4.79 Å². The van der Waals surface area contributed by atoms with Gasteiger partial charge >= 0.3 is 0 Å². The van der Waals surface area contributed by atoms with Gasteiger partial charge in [0.05, 0.1) is 6.10 Å². The number of aliphatic hydroxyl groups excluding tert-OH is 1. The van der Waals surface area contributed by atoms with Crippen molar-refractivity contribution < 1.29 is 9.90 Å². The van der Waals surface area contributed by atoms with Crippen LogP contribution in [0.1, 0.15) is 33.1 Å². The zero-order chi connectivity index (χ0) is 11.8. The number of carbonyl (C=O) groups is 1. The fourth-order valence-electron chi connectivity index (χ4n) is 2.55. The second-order valence-corrected chi connectivity index (χ2v) is 5.76. The molecule has 1 heterocycles. The number of nitrogens with one attached hydrogen (secondary N) is 2. The van der Waals surface area contributed by atoms with E-state index in [1.165, 1.54) is 0 Å². The van der Waals surface area contributed by atoms with Crippen molar-refractivity contribution in [3.8, 4) is 0 Å². The van der Waals surface area contributed by atoms with Gasteiger partial charge in [-0.3, -0.25) is 4.79 Å². The first-order valence-corrected chi connectivity index (χ1v) is 6.18. The normalized spacial score (nSPS) is 36.8. The Kier molecular flexibility index (Phi) is 3.22. The fourth-order valence-corrected chi connectivity index (χ4v) is 2.55. The van der Waals surface area contributed by atoms with Crippen LogP contribution in [0.25, 0.3) is 0 Å². The molecule has 1 saturated carbocycles. The molecule has 2 fully saturated rings. The average Bonchev–Trinajstić information content (AvgIpc) is 2.70. The highest BCUT2D eigenvalue weighted by Crippen LogP contribution is 2.40. The van der Waals surface area contributed by atoms with Crippen LogP contribution in [0.5, 0.6) is 0 Å². The summed E-state index contributed by atoms with van der Waals surface area (Å²) in [5, 5.41) is 15.9. The fraction of sp³-hybridized carbons (Fsp3) is 0.917. The zero-order valence-electron chi connectivity index (χ0n) is 10.1. The molecule has 4 nitrogen and oxygen atoms in total. The molecule has 0 bridgehead atoms. The van der Waals surface area contributed by atoms with Crippen LogP contribution in [0.2, 0.25) is 0 Å². The molecule has 1 aliphatic heterocycles. The molecule has 0 aromatic carbocycles. The Morgan fingerprint density at radius 3 is 2.81 bits per heavy atom. The molecule has 1 saturated heterocycles. The number of hydrogen-bond donors (Lipinski definition) is 3. The lowest BCUT2D eigenvalue weighted by Crippen LogP contribution is -2.61. The number of amides is 1. The lowest BCUT2D eigenvalue weighted by atomic mass is 9.64. The maximum Gasteiger partial charge on any atom is 0.220 e. The van der Waals surface area contributed by atoms with E-state index in [1.54, 1.807) is 0 Å². The van der Waals surface area contributed by atoms with Crippen LogP contribution >= 0.6 is 0 Å². The van der Waals surface area contributed by atoms with Crippen LogP contribution in [-0.4, -0.2) is 36.2 Å². The van der Waals surface area contributed by atoms with Crippen molar-refractivity contribution in [2.24, 2.45) is 11.3 Å². The summed E-state index contributed by atoms with van der Waals surface area (Å²) < 4.78 is 0. The van der Waals surface area contributed by atoms with Crippen LogP contribution in [0.15, 0.2) is 0 Å². The Bertz CT molecular complexity index is 272. The molecule has 3 atom stereocenters. The van der Waals surface area contributed by atoms with Gasteiger partial charge in [0.1, 0.15) is 0 Å². The lowest BCUT2D eigenvalue weighted by molar-refractivity contribution is -0.130. The maximum atomic E-state index is 11.8. The van der Waals surface area contributed by atoms with E-state index in [0.29, 0.717) is 18.8 Å². The quantitative estimate of drug-likeness (QED) is 0.647. The van der Waals surface area contributed by atoms with Gasteiger partial charge in [0, 0.05) is 17.9 Å². The van der Waals surface area contributed by atoms with Crippen molar-refractivity contribution in [2.45, 2.75) is 45.3 Å². The topological polar surface area (TPSA) is 61.4 Å². The van der Waals surface area contributed by atoms with Gasteiger partial charge in [0.15, 0.2) is 0 Å². The van der Waals surface area contributed by atoms with Crippen molar-refractivity contribution in [2.75, 3.05) is 13.1 Å². The molecule has 2 rings (SSSR count). The second-order valence-electron chi connectivity index (χ2n) is 5.76. The molecule has 1 aliphatic carbocycles. The maximum absolute atomic E-state index is 11.8. The molecule has 0 aromatic heterocycles. The molecule has 3 N–H and O–H groups in total. The molecule has 3 unspecified atom stereocenters. The molecule has 4 heteroatoms. The Balaban J connectivity index is 1.75. The van der Waals surface area contributed by atoms with E-state index >= 15 is 0 Å². The van der Waals surface area contributed by atoms with Gasteiger partial charge in [0.25, 0.3) is 0 Å². The minimum atomic E-state index is -0.272. The predicted octanol–water partition coefficient (Wildman–Crippen LogP) is 0.262. The van der Waals surface area contributed by atoms with E-state index < -0.39 is 0 Å². The van der Waals surface area contributed by atoms with E-state index in [2.05, 4.69) is 10.6 Å².